The number of hydrogen-bond donors (Lipinski definition) is 1. The lowest BCUT2D eigenvalue weighted by Crippen LogP contribution is -2.24. The maximum Gasteiger partial charge on any atom is 0.134 e. The predicted octanol–water partition coefficient (Wildman–Crippen LogP) is 2.63. The lowest BCUT2D eigenvalue weighted by Gasteiger charge is -2.20. The maximum atomic E-state index is 5.46. The monoisotopic (exact) mass is 286 g/mol. The van der Waals surface area contributed by atoms with Crippen molar-refractivity contribution in [2.24, 2.45) is 11.7 Å². The molecule has 1 atom stereocenters. The van der Waals surface area contributed by atoms with E-state index in [0.717, 1.165) is 23.8 Å². The van der Waals surface area contributed by atoms with Crippen molar-refractivity contribution < 1.29 is 4.74 Å². The van der Waals surface area contributed by atoms with E-state index in [2.05, 4.69) is 35.8 Å². The van der Waals surface area contributed by atoms with E-state index < -0.39 is 0 Å². The standard InChI is InChI=1S/C18H26N2O/c1-15-5-4-11-20(12-9-15)14-16-7-8-18(21-2)17(13-16)6-3-10-19/h7-8,13,15H,4-5,9-12,14,19H2,1-2H3. The van der Waals surface area contributed by atoms with E-state index in [1.54, 1.807) is 7.11 Å². The van der Waals surface area contributed by atoms with Crippen molar-refractivity contribution >= 4 is 0 Å². The molecule has 3 nitrogen and oxygen atoms in total. The van der Waals surface area contributed by atoms with Crippen LogP contribution in [0.2, 0.25) is 0 Å². The highest BCUT2D eigenvalue weighted by Crippen LogP contribution is 2.22. The molecular weight excluding hydrogens is 260 g/mol. The first-order chi connectivity index (χ1) is 10.2. The summed E-state index contributed by atoms with van der Waals surface area (Å²) in [7, 11) is 1.68. The van der Waals surface area contributed by atoms with Gasteiger partial charge in [0.25, 0.3) is 0 Å². The van der Waals surface area contributed by atoms with Crippen LogP contribution in [0, 0.1) is 17.8 Å². The van der Waals surface area contributed by atoms with Gasteiger partial charge in [-0.2, -0.15) is 0 Å². The van der Waals surface area contributed by atoms with E-state index in [9.17, 15) is 0 Å². The highest BCUT2D eigenvalue weighted by molar-refractivity contribution is 5.48. The van der Waals surface area contributed by atoms with Gasteiger partial charge >= 0.3 is 0 Å². The van der Waals surface area contributed by atoms with E-state index in [1.807, 2.05) is 6.07 Å². The SMILES string of the molecule is COc1ccc(CN2CCCC(C)CC2)cc1C#CCN. The lowest BCUT2D eigenvalue weighted by molar-refractivity contribution is 0.273. The molecule has 1 aromatic rings. The summed E-state index contributed by atoms with van der Waals surface area (Å²) in [5, 5.41) is 0. The fourth-order valence-electron chi connectivity index (χ4n) is 2.84. The summed E-state index contributed by atoms with van der Waals surface area (Å²) in [6, 6.07) is 6.28. The Hall–Kier alpha value is -1.50. The summed E-state index contributed by atoms with van der Waals surface area (Å²) < 4.78 is 5.36. The van der Waals surface area contributed by atoms with Crippen molar-refractivity contribution in [2.75, 3.05) is 26.7 Å². The molecule has 0 aromatic heterocycles. The van der Waals surface area contributed by atoms with Crippen LogP contribution in [0.1, 0.15) is 37.3 Å². The van der Waals surface area contributed by atoms with Crippen LogP contribution < -0.4 is 10.5 Å². The Bertz CT molecular complexity index is 516. The minimum absolute atomic E-state index is 0.372. The highest BCUT2D eigenvalue weighted by atomic mass is 16.5. The first kappa shape index (κ1) is 15.9. The molecule has 2 rings (SSSR count). The molecule has 114 valence electrons. The average molecular weight is 286 g/mol. The number of ether oxygens (including phenoxy) is 1. The van der Waals surface area contributed by atoms with Gasteiger partial charge in [-0.25, -0.2) is 0 Å². The molecule has 1 heterocycles. The van der Waals surface area contributed by atoms with Crippen LogP contribution in [0.3, 0.4) is 0 Å². The zero-order valence-corrected chi connectivity index (χ0v) is 13.2. The van der Waals surface area contributed by atoms with Crippen LogP contribution in [0.4, 0.5) is 0 Å². The van der Waals surface area contributed by atoms with Crippen molar-refractivity contribution in [3.8, 4) is 17.6 Å². The van der Waals surface area contributed by atoms with Gasteiger partial charge in [-0.3, -0.25) is 4.90 Å². The van der Waals surface area contributed by atoms with Crippen LogP contribution in [-0.4, -0.2) is 31.6 Å². The van der Waals surface area contributed by atoms with Gasteiger partial charge in [0.1, 0.15) is 5.75 Å². The quantitative estimate of drug-likeness (QED) is 0.868. The van der Waals surface area contributed by atoms with Crippen molar-refractivity contribution in [3.05, 3.63) is 29.3 Å². The molecule has 0 radical (unpaired) electrons. The molecule has 1 fully saturated rings. The first-order valence-corrected chi connectivity index (χ1v) is 7.81. The Balaban J connectivity index is 2.09. The molecule has 1 aliphatic rings. The molecule has 1 aliphatic heterocycles. The van der Waals surface area contributed by atoms with Crippen LogP contribution in [-0.2, 0) is 6.54 Å². The largest absolute Gasteiger partial charge is 0.495 e. The number of likely N-dealkylation sites (tertiary alicyclic amines) is 1. The first-order valence-electron chi connectivity index (χ1n) is 7.81. The van der Waals surface area contributed by atoms with Gasteiger partial charge in [0.05, 0.1) is 19.2 Å². The Labute approximate surface area is 128 Å². The third kappa shape index (κ3) is 4.77. The van der Waals surface area contributed by atoms with Gasteiger partial charge in [0.2, 0.25) is 0 Å². The smallest absolute Gasteiger partial charge is 0.134 e. The molecular formula is C18H26N2O. The van der Waals surface area contributed by atoms with Crippen molar-refractivity contribution in [2.45, 2.75) is 32.7 Å². The molecule has 21 heavy (non-hydrogen) atoms. The second-order valence-corrected chi connectivity index (χ2v) is 5.85. The second-order valence-electron chi connectivity index (χ2n) is 5.85. The number of benzene rings is 1. The van der Waals surface area contributed by atoms with Gasteiger partial charge in [-0.05, 0) is 56.0 Å². The third-order valence-corrected chi connectivity index (χ3v) is 4.10. The number of hydrogen-bond acceptors (Lipinski definition) is 3. The zero-order chi connectivity index (χ0) is 15.1. The number of rotatable bonds is 3. The van der Waals surface area contributed by atoms with Gasteiger partial charge in [0.15, 0.2) is 0 Å². The molecule has 0 amide bonds. The molecule has 1 aromatic carbocycles. The van der Waals surface area contributed by atoms with E-state index in [0.29, 0.717) is 6.54 Å². The lowest BCUT2D eigenvalue weighted by atomic mass is 10.0. The zero-order valence-electron chi connectivity index (χ0n) is 13.2. The van der Waals surface area contributed by atoms with E-state index in [-0.39, 0.29) is 0 Å². The maximum absolute atomic E-state index is 5.46. The summed E-state index contributed by atoms with van der Waals surface area (Å²) in [5.41, 5.74) is 7.69. The summed E-state index contributed by atoms with van der Waals surface area (Å²) in [5.74, 6) is 7.69. The fourth-order valence-corrected chi connectivity index (χ4v) is 2.84. The Morgan fingerprint density at radius 3 is 2.95 bits per heavy atom. The van der Waals surface area contributed by atoms with E-state index >= 15 is 0 Å². The summed E-state index contributed by atoms with van der Waals surface area (Å²) >= 11 is 0. The molecule has 1 unspecified atom stereocenters. The molecule has 1 saturated heterocycles. The van der Waals surface area contributed by atoms with Crippen LogP contribution in [0.5, 0.6) is 5.75 Å². The topological polar surface area (TPSA) is 38.5 Å². The Morgan fingerprint density at radius 2 is 2.19 bits per heavy atom. The van der Waals surface area contributed by atoms with Crippen LogP contribution in [0.15, 0.2) is 18.2 Å². The van der Waals surface area contributed by atoms with Gasteiger partial charge in [-0.1, -0.05) is 24.8 Å². The number of methoxy groups -OCH3 is 1. The predicted molar refractivity (Wildman–Crippen MR) is 87.2 cm³/mol. The van der Waals surface area contributed by atoms with Gasteiger partial charge < -0.3 is 10.5 Å². The number of nitrogens with two attached hydrogens (primary N) is 1. The second kappa shape index (κ2) is 8.07. The van der Waals surface area contributed by atoms with Crippen molar-refractivity contribution in [1.29, 1.82) is 0 Å². The summed E-state index contributed by atoms with van der Waals surface area (Å²) in [6.45, 7) is 6.11. The Morgan fingerprint density at radius 1 is 1.33 bits per heavy atom. The molecule has 3 heteroatoms. The third-order valence-electron chi connectivity index (χ3n) is 4.10. The summed E-state index contributed by atoms with van der Waals surface area (Å²) in [4.78, 5) is 2.55. The number of nitrogens with zero attached hydrogens (tertiary/aromatic N) is 1. The minimum Gasteiger partial charge on any atom is -0.495 e. The molecule has 0 aliphatic carbocycles. The van der Waals surface area contributed by atoms with Gasteiger partial charge in [0, 0.05) is 6.54 Å². The minimum atomic E-state index is 0.372. The van der Waals surface area contributed by atoms with E-state index in [4.69, 9.17) is 10.5 Å². The van der Waals surface area contributed by atoms with Gasteiger partial charge in [-0.15, -0.1) is 0 Å². The summed E-state index contributed by atoms with van der Waals surface area (Å²) in [6.07, 6.45) is 3.96. The van der Waals surface area contributed by atoms with Crippen LogP contribution in [0.25, 0.3) is 0 Å². The normalized spacial score (nSPS) is 19.5. The Kier molecular flexibility index (Phi) is 6.10. The molecule has 0 spiro atoms. The average Bonchev–Trinajstić information content (AvgIpc) is 2.70. The molecule has 0 saturated carbocycles. The molecule has 0 bridgehead atoms. The van der Waals surface area contributed by atoms with Crippen molar-refractivity contribution in [1.82, 2.24) is 4.90 Å². The van der Waals surface area contributed by atoms with E-state index in [1.165, 1.54) is 37.9 Å². The highest BCUT2D eigenvalue weighted by Gasteiger charge is 2.14. The van der Waals surface area contributed by atoms with Crippen molar-refractivity contribution in [3.63, 3.8) is 0 Å². The molecule has 2 N–H and O–H groups in total. The van der Waals surface area contributed by atoms with Crippen LogP contribution >= 0.6 is 0 Å². The fraction of sp³-hybridized carbons (Fsp3) is 0.556.